The highest BCUT2D eigenvalue weighted by molar-refractivity contribution is 7.99. The van der Waals surface area contributed by atoms with Crippen LogP contribution in [0.1, 0.15) is 17.4 Å². The van der Waals surface area contributed by atoms with Crippen LogP contribution < -0.4 is 5.32 Å². The highest BCUT2D eigenvalue weighted by Gasteiger charge is 2.24. The predicted octanol–water partition coefficient (Wildman–Crippen LogP) is 2.85. The first-order valence-corrected chi connectivity index (χ1v) is 8.22. The van der Waals surface area contributed by atoms with E-state index in [1.807, 2.05) is 54.0 Å². The molecule has 3 rings (SSSR count). The van der Waals surface area contributed by atoms with Crippen LogP contribution in [0.4, 0.5) is 5.69 Å². The molecule has 1 aromatic carbocycles. The molecule has 1 N–H and O–H groups in total. The number of carbonyl (C=O) groups excluding carboxylic acids is 1. The fourth-order valence-electron chi connectivity index (χ4n) is 2.66. The molecule has 1 aromatic heterocycles. The molecule has 0 saturated carbocycles. The summed E-state index contributed by atoms with van der Waals surface area (Å²) in [5, 5.41) is 4.70. The Labute approximate surface area is 128 Å². The summed E-state index contributed by atoms with van der Waals surface area (Å²) in [6.07, 6.45) is 0. The Kier molecular flexibility index (Phi) is 4.01. The summed E-state index contributed by atoms with van der Waals surface area (Å²) in [6.45, 7) is 3.76. The van der Waals surface area contributed by atoms with Crippen molar-refractivity contribution < 1.29 is 4.79 Å². The molecule has 0 bridgehead atoms. The number of benzene rings is 1. The largest absolute Gasteiger partial charge is 0.388 e. The summed E-state index contributed by atoms with van der Waals surface area (Å²) < 4.78 is 0. The third-order valence-electron chi connectivity index (χ3n) is 3.73. The van der Waals surface area contributed by atoms with Crippen molar-refractivity contribution in [1.82, 2.24) is 9.88 Å². The molecule has 2 heterocycles. The summed E-state index contributed by atoms with van der Waals surface area (Å²) >= 11 is 1.92. The smallest absolute Gasteiger partial charge is 0.272 e. The van der Waals surface area contributed by atoms with E-state index >= 15 is 0 Å². The minimum Gasteiger partial charge on any atom is -0.388 e. The molecule has 0 spiro atoms. The van der Waals surface area contributed by atoms with E-state index in [1.165, 1.54) is 0 Å². The van der Waals surface area contributed by atoms with Crippen molar-refractivity contribution in [3.63, 3.8) is 0 Å². The fraction of sp³-hybridized carbons (Fsp3) is 0.375. The number of rotatable bonds is 2. The molecular formula is C16H19N3OS. The van der Waals surface area contributed by atoms with E-state index in [9.17, 15) is 4.79 Å². The molecule has 1 aliphatic heterocycles. The average molecular weight is 301 g/mol. The van der Waals surface area contributed by atoms with Crippen LogP contribution in [-0.2, 0) is 0 Å². The molecule has 4 nitrogen and oxygen atoms in total. The summed E-state index contributed by atoms with van der Waals surface area (Å²) in [7, 11) is 1.87. The fourth-order valence-corrected chi connectivity index (χ4v) is 3.67. The quantitative estimate of drug-likeness (QED) is 0.926. The van der Waals surface area contributed by atoms with Crippen molar-refractivity contribution >= 4 is 34.3 Å². The van der Waals surface area contributed by atoms with Gasteiger partial charge in [-0.05, 0) is 12.1 Å². The molecular weight excluding hydrogens is 282 g/mol. The Morgan fingerprint density at radius 3 is 3.00 bits per heavy atom. The van der Waals surface area contributed by atoms with E-state index in [1.54, 1.807) is 0 Å². The van der Waals surface area contributed by atoms with Gasteiger partial charge in [-0.15, -0.1) is 0 Å². The number of anilines is 1. The molecule has 1 atom stereocenters. The van der Waals surface area contributed by atoms with Crippen LogP contribution in [0.2, 0.25) is 0 Å². The Balaban J connectivity index is 1.98. The lowest BCUT2D eigenvalue weighted by atomic mass is 10.1. The maximum Gasteiger partial charge on any atom is 0.272 e. The first-order chi connectivity index (χ1) is 10.2. The predicted molar refractivity (Wildman–Crippen MR) is 89.1 cm³/mol. The van der Waals surface area contributed by atoms with Crippen LogP contribution in [0.25, 0.3) is 10.9 Å². The number of fused-ring (bicyclic) bond motifs is 1. The lowest BCUT2D eigenvalue weighted by molar-refractivity contribution is 0.0758. The molecule has 1 unspecified atom stereocenters. The van der Waals surface area contributed by atoms with Gasteiger partial charge in [0.1, 0.15) is 5.69 Å². The number of nitrogens with zero attached hydrogens (tertiary/aromatic N) is 2. The van der Waals surface area contributed by atoms with Crippen molar-refractivity contribution in [3.8, 4) is 0 Å². The lowest BCUT2D eigenvalue weighted by Gasteiger charge is -2.30. The maximum absolute atomic E-state index is 12.7. The van der Waals surface area contributed by atoms with Crippen molar-refractivity contribution in [2.24, 2.45) is 0 Å². The van der Waals surface area contributed by atoms with Gasteiger partial charge in [-0.2, -0.15) is 11.8 Å². The van der Waals surface area contributed by atoms with Crippen LogP contribution in [0.15, 0.2) is 30.3 Å². The van der Waals surface area contributed by atoms with Gasteiger partial charge in [-0.25, -0.2) is 4.98 Å². The van der Waals surface area contributed by atoms with Crippen LogP contribution in [0.5, 0.6) is 0 Å². The topological polar surface area (TPSA) is 45.2 Å². The number of nitrogens with one attached hydrogen (secondary N) is 1. The molecule has 1 saturated heterocycles. The molecule has 2 aromatic rings. The van der Waals surface area contributed by atoms with Crippen LogP contribution in [0.3, 0.4) is 0 Å². The van der Waals surface area contributed by atoms with Gasteiger partial charge < -0.3 is 10.2 Å². The Hall–Kier alpha value is -1.75. The molecule has 110 valence electrons. The minimum atomic E-state index is 0.0319. The van der Waals surface area contributed by atoms with Crippen molar-refractivity contribution in [2.75, 3.05) is 31.2 Å². The van der Waals surface area contributed by atoms with Crippen LogP contribution in [-0.4, -0.2) is 46.9 Å². The first-order valence-electron chi connectivity index (χ1n) is 7.17. The number of hydrogen-bond acceptors (Lipinski definition) is 4. The monoisotopic (exact) mass is 301 g/mol. The Morgan fingerprint density at radius 2 is 2.24 bits per heavy atom. The third-order valence-corrected chi connectivity index (χ3v) is 4.87. The van der Waals surface area contributed by atoms with Gasteiger partial charge in [0.05, 0.1) is 5.52 Å². The first kappa shape index (κ1) is 14.2. The number of aromatic nitrogens is 1. The van der Waals surface area contributed by atoms with Gasteiger partial charge in [0, 0.05) is 42.2 Å². The molecule has 1 aliphatic rings. The van der Waals surface area contributed by atoms with Gasteiger partial charge in [0.15, 0.2) is 0 Å². The SMILES string of the molecule is CNc1cc(C(=O)N2CCSC(C)C2)nc2ccccc12. The zero-order chi connectivity index (χ0) is 14.8. The molecule has 5 heteroatoms. The number of hydrogen-bond donors (Lipinski definition) is 1. The summed E-state index contributed by atoms with van der Waals surface area (Å²) in [5.41, 5.74) is 2.33. The number of carbonyl (C=O) groups is 1. The van der Waals surface area contributed by atoms with Gasteiger partial charge in [0.25, 0.3) is 5.91 Å². The summed E-state index contributed by atoms with van der Waals surface area (Å²) in [4.78, 5) is 19.1. The average Bonchev–Trinajstić information content (AvgIpc) is 2.53. The minimum absolute atomic E-state index is 0.0319. The van der Waals surface area contributed by atoms with Crippen molar-refractivity contribution in [2.45, 2.75) is 12.2 Å². The Bertz CT molecular complexity index is 674. The number of para-hydroxylation sites is 1. The van der Waals surface area contributed by atoms with E-state index < -0.39 is 0 Å². The summed E-state index contributed by atoms with van der Waals surface area (Å²) in [6, 6.07) is 9.75. The van der Waals surface area contributed by atoms with E-state index in [4.69, 9.17) is 0 Å². The van der Waals surface area contributed by atoms with E-state index in [0.29, 0.717) is 10.9 Å². The molecule has 1 fully saturated rings. The highest BCUT2D eigenvalue weighted by Crippen LogP contribution is 2.24. The Morgan fingerprint density at radius 1 is 1.43 bits per heavy atom. The van der Waals surface area contributed by atoms with Gasteiger partial charge in [-0.1, -0.05) is 25.1 Å². The van der Waals surface area contributed by atoms with Crippen molar-refractivity contribution in [1.29, 1.82) is 0 Å². The molecule has 21 heavy (non-hydrogen) atoms. The zero-order valence-corrected chi connectivity index (χ0v) is 13.1. The maximum atomic E-state index is 12.7. The molecule has 0 radical (unpaired) electrons. The number of amides is 1. The van der Waals surface area contributed by atoms with Gasteiger partial charge >= 0.3 is 0 Å². The van der Waals surface area contributed by atoms with Crippen LogP contribution >= 0.6 is 11.8 Å². The van der Waals surface area contributed by atoms with E-state index in [0.717, 1.165) is 35.4 Å². The van der Waals surface area contributed by atoms with E-state index in [2.05, 4.69) is 17.2 Å². The highest BCUT2D eigenvalue weighted by atomic mass is 32.2. The lowest BCUT2D eigenvalue weighted by Crippen LogP contribution is -2.41. The van der Waals surface area contributed by atoms with Gasteiger partial charge in [-0.3, -0.25) is 4.79 Å². The molecule has 0 aliphatic carbocycles. The number of thioether (sulfide) groups is 1. The van der Waals surface area contributed by atoms with Gasteiger partial charge in [0.2, 0.25) is 0 Å². The van der Waals surface area contributed by atoms with E-state index in [-0.39, 0.29) is 5.91 Å². The second-order valence-electron chi connectivity index (χ2n) is 5.25. The second-order valence-corrected chi connectivity index (χ2v) is 6.80. The molecule has 1 amide bonds. The zero-order valence-electron chi connectivity index (χ0n) is 12.3. The standard InChI is InChI=1S/C16H19N3OS/c1-11-10-19(7-8-21-11)16(20)15-9-14(17-2)12-5-3-4-6-13(12)18-15/h3-6,9,11H,7-8,10H2,1-2H3,(H,17,18). The normalized spacial score (nSPS) is 18.8. The second kappa shape index (κ2) is 5.93. The number of pyridine rings is 1. The van der Waals surface area contributed by atoms with Crippen molar-refractivity contribution in [3.05, 3.63) is 36.0 Å². The third kappa shape index (κ3) is 2.83. The summed E-state index contributed by atoms with van der Waals surface area (Å²) in [5.74, 6) is 1.03. The van der Waals surface area contributed by atoms with Crippen LogP contribution in [0, 0.1) is 0 Å².